The molecular weight excluding hydrogens is 220 g/mol. The summed E-state index contributed by atoms with van der Waals surface area (Å²) in [6.07, 6.45) is 2.52. The molecule has 0 heterocycles. The lowest BCUT2D eigenvalue weighted by Gasteiger charge is -2.23. The lowest BCUT2D eigenvalue weighted by Crippen LogP contribution is -2.38. The molecule has 3 N–H and O–H groups in total. The van der Waals surface area contributed by atoms with E-state index >= 15 is 0 Å². The Hall–Kier alpha value is 0.230. The average Bonchev–Trinajstić information content (AvgIpc) is 3.13. The van der Waals surface area contributed by atoms with Crippen molar-refractivity contribution in [3.63, 3.8) is 0 Å². The minimum Gasteiger partial charge on any atom is -0.395 e. The third-order valence-corrected chi connectivity index (χ3v) is 4.72. The fraction of sp³-hybridized carbons (Fsp3) is 1.00. The van der Waals surface area contributed by atoms with Crippen molar-refractivity contribution in [2.24, 2.45) is 11.7 Å². The van der Waals surface area contributed by atoms with Gasteiger partial charge in [-0.15, -0.1) is 0 Å². The van der Waals surface area contributed by atoms with Gasteiger partial charge in [0.05, 0.1) is 6.61 Å². The van der Waals surface area contributed by atoms with Gasteiger partial charge in [0.25, 0.3) is 0 Å². The van der Waals surface area contributed by atoms with Gasteiger partial charge in [0.1, 0.15) is 0 Å². The van der Waals surface area contributed by atoms with Gasteiger partial charge in [-0.3, -0.25) is 0 Å². The first-order valence-corrected chi connectivity index (χ1v) is 7.48. The predicted molar refractivity (Wildman–Crippen MR) is 71.8 cm³/mol. The number of nitrogens with two attached hydrogens (primary N) is 1. The third kappa shape index (κ3) is 4.62. The quantitative estimate of drug-likeness (QED) is 0.641. The maximum atomic E-state index is 9.34. The number of thioether (sulfide) groups is 1. The molecule has 1 aliphatic carbocycles. The molecular formula is C12H26N2OS. The van der Waals surface area contributed by atoms with E-state index in [0.717, 1.165) is 25.4 Å². The van der Waals surface area contributed by atoms with Crippen molar-refractivity contribution in [1.29, 1.82) is 0 Å². The van der Waals surface area contributed by atoms with Crippen molar-refractivity contribution in [1.82, 2.24) is 4.90 Å². The van der Waals surface area contributed by atoms with Crippen LogP contribution in [0.1, 0.15) is 26.7 Å². The highest BCUT2D eigenvalue weighted by atomic mass is 32.2. The van der Waals surface area contributed by atoms with E-state index < -0.39 is 0 Å². The predicted octanol–water partition coefficient (Wildman–Crippen LogP) is 1.16. The normalized spacial score (nSPS) is 20.1. The van der Waals surface area contributed by atoms with E-state index in [1.807, 2.05) is 11.8 Å². The maximum absolute atomic E-state index is 9.34. The Morgan fingerprint density at radius 2 is 2.00 bits per heavy atom. The van der Waals surface area contributed by atoms with Crippen LogP contribution in [0.4, 0.5) is 0 Å². The fourth-order valence-corrected chi connectivity index (χ4v) is 3.16. The van der Waals surface area contributed by atoms with E-state index in [4.69, 9.17) is 5.73 Å². The summed E-state index contributed by atoms with van der Waals surface area (Å²) in [6.45, 7) is 7.92. The zero-order chi connectivity index (χ0) is 12.0. The van der Waals surface area contributed by atoms with Gasteiger partial charge < -0.3 is 15.7 Å². The van der Waals surface area contributed by atoms with Crippen LogP contribution in [0.15, 0.2) is 0 Å². The second-order valence-corrected chi connectivity index (χ2v) is 5.88. The highest BCUT2D eigenvalue weighted by Gasteiger charge is 2.33. The van der Waals surface area contributed by atoms with Crippen LogP contribution < -0.4 is 5.73 Å². The minimum absolute atomic E-state index is 0.201. The molecule has 0 spiro atoms. The molecule has 1 fully saturated rings. The van der Waals surface area contributed by atoms with E-state index in [9.17, 15) is 5.11 Å². The summed E-state index contributed by atoms with van der Waals surface area (Å²) >= 11 is 1.84. The molecule has 0 saturated heterocycles. The summed E-state index contributed by atoms with van der Waals surface area (Å²) in [5, 5.41) is 9.58. The first kappa shape index (κ1) is 14.3. The van der Waals surface area contributed by atoms with Crippen LogP contribution in [0.2, 0.25) is 0 Å². The number of nitrogens with zero attached hydrogens (tertiary/aromatic N) is 1. The third-order valence-electron chi connectivity index (χ3n) is 3.41. The lowest BCUT2D eigenvalue weighted by atomic mass is 10.1. The number of aliphatic hydroxyl groups is 1. The highest BCUT2D eigenvalue weighted by molar-refractivity contribution is 8.00. The second kappa shape index (κ2) is 7.54. The average molecular weight is 246 g/mol. The molecule has 0 bridgehead atoms. The monoisotopic (exact) mass is 246 g/mol. The van der Waals surface area contributed by atoms with Crippen LogP contribution >= 0.6 is 11.8 Å². The van der Waals surface area contributed by atoms with Gasteiger partial charge in [0.2, 0.25) is 0 Å². The molecule has 1 aliphatic rings. The van der Waals surface area contributed by atoms with Crippen molar-refractivity contribution >= 4 is 11.8 Å². The Morgan fingerprint density at radius 3 is 2.44 bits per heavy atom. The Labute approximate surface area is 104 Å². The summed E-state index contributed by atoms with van der Waals surface area (Å²) in [7, 11) is 0. The molecule has 1 rings (SSSR count). The van der Waals surface area contributed by atoms with Crippen molar-refractivity contribution < 1.29 is 5.11 Å². The van der Waals surface area contributed by atoms with Gasteiger partial charge in [-0.25, -0.2) is 0 Å². The van der Waals surface area contributed by atoms with Gasteiger partial charge in [-0.2, -0.15) is 11.8 Å². The SMILES string of the molecule is CCN(CC)CCSC(CO)C(N)C1CC1. The Morgan fingerprint density at radius 1 is 1.38 bits per heavy atom. The van der Waals surface area contributed by atoms with Crippen molar-refractivity contribution in [3.05, 3.63) is 0 Å². The molecule has 0 radical (unpaired) electrons. The van der Waals surface area contributed by atoms with Crippen LogP contribution in [0.3, 0.4) is 0 Å². The molecule has 0 aromatic heterocycles. The van der Waals surface area contributed by atoms with Crippen LogP contribution in [0.25, 0.3) is 0 Å². The highest BCUT2D eigenvalue weighted by Crippen LogP contribution is 2.35. The Kier molecular flexibility index (Phi) is 6.73. The number of hydrogen-bond acceptors (Lipinski definition) is 4. The Balaban J connectivity index is 2.17. The zero-order valence-corrected chi connectivity index (χ0v) is 11.4. The first-order valence-electron chi connectivity index (χ1n) is 6.43. The number of rotatable bonds is 9. The largest absolute Gasteiger partial charge is 0.395 e. The summed E-state index contributed by atoms with van der Waals surface area (Å²) < 4.78 is 0. The molecule has 0 aromatic carbocycles. The van der Waals surface area contributed by atoms with E-state index in [1.54, 1.807) is 0 Å². The maximum Gasteiger partial charge on any atom is 0.0565 e. The van der Waals surface area contributed by atoms with Gasteiger partial charge in [-0.05, 0) is 31.8 Å². The topological polar surface area (TPSA) is 49.5 Å². The standard InChI is InChI=1S/C12H26N2OS/c1-3-14(4-2)7-8-16-11(9-15)12(13)10-5-6-10/h10-12,15H,3-9,13H2,1-2H3. The van der Waals surface area contributed by atoms with Crippen LogP contribution in [0.5, 0.6) is 0 Å². The molecule has 3 nitrogen and oxygen atoms in total. The fourth-order valence-electron chi connectivity index (χ4n) is 1.94. The van der Waals surface area contributed by atoms with Gasteiger partial charge in [0.15, 0.2) is 0 Å². The van der Waals surface area contributed by atoms with Crippen molar-refractivity contribution in [2.45, 2.75) is 38.0 Å². The van der Waals surface area contributed by atoms with E-state index in [0.29, 0.717) is 5.92 Å². The molecule has 0 aliphatic heterocycles. The molecule has 16 heavy (non-hydrogen) atoms. The molecule has 96 valence electrons. The lowest BCUT2D eigenvalue weighted by molar-refractivity contribution is 0.276. The summed E-state index contributed by atoms with van der Waals surface area (Å²) in [4.78, 5) is 2.41. The van der Waals surface area contributed by atoms with Crippen LogP contribution in [-0.2, 0) is 0 Å². The second-order valence-electron chi connectivity index (χ2n) is 4.53. The smallest absolute Gasteiger partial charge is 0.0565 e. The van der Waals surface area contributed by atoms with Crippen molar-refractivity contribution in [3.8, 4) is 0 Å². The molecule has 0 amide bonds. The van der Waals surface area contributed by atoms with Gasteiger partial charge in [0, 0.05) is 23.6 Å². The first-order chi connectivity index (χ1) is 7.72. The summed E-state index contributed by atoms with van der Waals surface area (Å²) in [5.41, 5.74) is 6.12. The molecule has 0 aromatic rings. The summed E-state index contributed by atoms with van der Waals surface area (Å²) in [5.74, 6) is 1.76. The molecule has 2 unspecified atom stereocenters. The van der Waals surface area contributed by atoms with Crippen molar-refractivity contribution in [2.75, 3.05) is 32.0 Å². The van der Waals surface area contributed by atoms with Crippen LogP contribution in [0, 0.1) is 5.92 Å². The molecule has 2 atom stereocenters. The summed E-state index contributed by atoms with van der Waals surface area (Å²) in [6, 6.07) is 0.201. The van der Waals surface area contributed by atoms with E-state index in [-0.39, 0.29) is 17.9 Å². The molecule has 1 saturated carbocycles. The van der Waals surface area contributed by atoms with Gasteiger partial charge in [-0.1, -0.05) is 13.8 Å². The number of aliphatic hydroxyl groups excluding tert-OH is 1. The molecule has 4 heteroatoms. The minimum atomic E-state index is 0.201. The van der Waals surface area contributed by atoms with E-state index in [1.165, 1.54) is 12.8 Å². The Bertz CT molecular complexity index is 184. The van der Waals surface area contributed by atoms with Gasteiger partial charge >= 0.3 is 0 Å². The van der Waals surface area contributed by atoms with Crippen LogP contribution in [-0.4, -0.2) is 53.3 Å². The van der Waals surface area contributed by atoms with E-state index in [2.05, 4.69) is 18.7 Å². The number of hydrogen-bond donors (Lipinski definition) is 2. The zero-order valence-electron chi connectivity index (χ0n) is 10.6.